The summed E-state index contributed by atoms with van der Waals surface area (Å²) in [6.07, 6.45) is 3.32. The highest BCUT2D eigenvalue weighted by atomic mass is 32.1. The van der Waals surface area contributed by atoms with Crippen molar-refractivity contribution in [1.29, 1.82) is 0 Å². The van der Waals surface area contributed by atoms with E-state index in [0.29, 0.717) is 24.8 Å². The van der Waals surface area contributed by atoms with Gasteiger partial charge in [0.1, 0.15) is 0 Å². The highest BCUT2D eigenvalue weighted by molar-refractivity contribution is 7.80. The molecule has 5 heteroatoms. The highest BCUT2D eigenvalue weighted by Gasteiger charge is 1.96. The molecule has 0 fully saturated rings. The number of methoxy groups -OCH3 is 1. The Labute approximate surface area is 88.6 Å². The number of hydrogen-bond donors (Lipinski definition) is 2. The van der Waals surface area contributed by atoms with Crippen LogP contribution in [0.1, 0.15) is 5.56 Å². The average Bonchev–Trinajstić information content (AvgIpc) is 2.68. The van der Waals surface area contributed by atoms with E-state index in [9.17, 15) is 0 Å². The zero-order chi connectivity index (χ0) is 10.2. The molecule has 2 N–H and O–H groups in total. The van der Waals surface area contributed by atoms with Crippen LogP contribution in [-0.2, 0) is 11.3 Å². The maximum Gasteiger partial charge on any atom is 0.166 e. The van der Waals surface area contributed by atoms with Crippen LogP contribution in [0.25, 0.3) is 0 Å². The Bertz CT molecular complexity index is 262. The molecule has 0 radical (unpaired) electrons. The van der Waals surface area contributed by atoms with Crippen LogP contribution in [0.4, 0.5) is 0 Å². The van der Waals surface area contributed by atoms with Gasteiger partial charge >= 0.3 is 0 Å². The van der Waals surface area contributed by atoms with Crippen molar-refractivity contribution in [3.05, 3.63) is 24.2 Å². The van der Waals surface area contributed by atoms with E-state index in [4.69, 9.17) is 21.4 Å². The van der Waals surface area contributed by atoms with Crippen molar-refractivity contribution in [3.63, 3.8) is 0 Å². The lowest BCUT2D eigenvalue weighted by atomic mass is 10.3. The van der Waals surface area contributed by atoms with Crippen molar-refractivity contribution >= 4 is 17.3 Å². The minimum Gasteiger partial charge on any atom is -0.472 e. The van der Waals surface area contributed by atoms with E-state index >= 15 is 0 Å². The molecule has 0 amide bonds. The molecule has 0 spiro atoms. The van der Waals surface area contributed by atoms with Gasteiger partial charge in [0.15, 0.2) is 5.11 Å². The molecule has 1 aromatic heterocycles. The van der Waals surface area contributed by atoms with Gasteiger partial charge in [-0.05, 0) is 18.3 Å². The third-order valence-electron chi connectivity index (χ3n) is 1.62. The summed E-state index contributed by atoms with van der Waals surface area (Å²) in [4.78, 5) is 0. The first-order chi connectivity index (χ1) is 6.83. The SMILES string of the molecule is COCCNC(=S)NCc1ccoc1. The minimum atomic E-state index is 0.628. The second-order valence-electron chi connectivity index (χ2n) is 2.73. The van der Waals surface area contributed by atoms with Crippen molar-refractivity contribution in [2.24, 2.45) is 0 Å². The first kappa shape index (κ1) is 11.0. The molecule has 0 aliphatic carbocycles. The number of thiocarbonyl (C=S) groups is 1. The maximum absolute atomic E-state index is 5.03. The lowest BCUT2D eigenvalue weighted by molar-refractivity contribution is 0.204. The second kappa shape index (κ2) is 6.39. The Morgan fingerprint density at radius 3 is 3.07 bits per heavy atom. The molecule has 14 heavy (non-hydrogen) atoms. The van der Waals surface area contributed by atoms with E-state index in [0.717, 1.165) is 5.56 Å². The van der Waals surface area contributed by atoms with E-state index in [-0.39, 0.29) is 0 Å². The molecular formula is C9H14N2O2S. The lowest BCUT2D eigenvalue weighted by Gasteiger charge is -2.08. The van der Waals surface area contributed by atoms with Gasteiger partial charge in [-0.15, -0.1) is 0 Å². The van der Waals surface area contributed by atoms with Crippen LogP contribution in [-0.4, -0.2) is 25.4 Å². The molecule has 4 nitrogen and oxygen atoms in total. The molecule has 1 aromatic rings. The van der Waals surface area contributed by atoms with Crippen molar-refractivity contribution in [2.45, 2.75) is 6.54 Å². The van der Waals surface area contributed by atoms with Gasteiger partial charge in [0, 0.05) is 25.8 Å². The molecule has 0 bridgehead atoms. The topological polar surface area (TPSA) is 46.4 Å². The fourth-order valence-electron chi connectivity index (χ4n) is 0.905. The molecule has 0 saturated carbocycles. The van der Waals surface area contributed by atoms with E-state index < -0.39 is 0 Å². The Kier molecular flexibility index (Phi) is 5.03. The van der Waals surface area contributed by atoms with Crippen LogP contribution in [0, 0.1) is 0 Å². The molecule has 0 atom stereocenters. The molecule has 0 aliphatic rings. The summed E-state index contributed by atoms with van der Waals surface area (Å²) in [5, 5.41) is 6.69. The van der Waals surface area contributed by atoms with Crippen molar-refractivity contribution in [2.75, 3.05) is 20.3 Å². The quantitative estimate of drug-likeness (QED) is 0.563. The van der Waals surface area contributed by atoms with E-state index in [1.54, 1.807) is 19.6 Å². The van der Waals surface area contributed by atoms with Gasteiger partial charge in [-0.1, -0.05) is 0 Å². The molecule has 0 saturated heterocycles. The Morgan fingerprint density at radius 2 is 2.43 bits per heavy atom. The molecule has 0 aliphatic heterocycles. The zero-order valence-electron chi connectivity index (χ0n) is 8.08. The van der Waals surface area contributed by atoms with Gasteiger partial charge in [-0.2, -0.15) is 0 Å². The predicted octanol–water partition coefficient (Wildman–Crippen LogP) is 0.890. The maximum atomic E-state index is 5.03. The van der Waals surface area contributed by atoms with Crippen molar-refractivity contribution < 1.29 is 9.15 Å². The summed E-state index contributed by atoms with van der Waals surface area (Å²) in [5.74, 6) is 0. The van der Waals surface area contributed by atoms with E-state index in [1.165, 1.54) is 0 Å². The fraction of sp³-hybridized carbons (Fsp3) is 0.444. The smallest absolute Gasteiger partial charge is 0.166 e. The van der Waals surface area contributed by atoms with Gasteiger partial charge in [0.05, 0.1) is 19.1 Å². The number of nitrogens with one attached hydrogen (secondary N) is 2. The number of rotatable bonds is 5. The van der Waals surface area contributed by atoms with Crippen molar-refractivity contribution in [1.82, 2.24) is 10.6 Å². The second-order valence-corrected chi connectivity index (χ2v) is 3.14. The summed E-state index contributed by atoms with van der Waals surface area (Å²) in [6.45, 7) is 2.04. The molecule has 1 heterocycles. The number of ether oxygens (including phenoxy) is 1. The molecular weight excluding hydrogens is 200 g/mol. The summed E-state index contributed by atoms with van der Waals surface area (Å²) in [5.41, 5.74) is 1.07. The van der Waals surface area contributed by atoms with Crippen LogP contribution >= 0.6 is 12.2 Å². The van der Waals surface area contributed by atoms with E-state index in [1.807, 2.05) is 6.07 Å². The fourth-order valence-corrected chi connectivity index (χ4v) is 1.08. The Balaban J connectivity index is 2.09. The molecule has 0 unspecified atom stereocenters. The van der Waals surface area contributed by atoms with Crippen LogP contribution in [0.15, 0.2) is 23.0 Å². The van der Waals surface area contributed by atoms with Crippen LogP contribution in [0.3, 0.4) is 0 Å². The van der Waals surface area contributed by atoms with Crippen LogP contribution < -0.4 is 10.6 Å². The molecule has 1 rings (SSSR count). The summed E-state index contributed by atoms with van der Waals surface area (Å²) < 4.78 is 9.80. The van der Waals surface area contributed by atoms with Gasteiger partial charge in [-0.3, -0.25) is 0 Å². The minimum absolute atomic E-state index is 0.628. The summed E-state index contributed by atoms with van der Waals surface area (Å²) in [6, 6.07) is 1.89. The number of furan rings is 1. The summed E-state index contributed by atoms with van der Waals surface area (Å²) in [7, 11) is 1.66. The largest absolute Gasteiger partial charge is 0.472 e. The predicted molar refractivity (Wildman–Crippen MR) is 58.0 cm³/mol. The van der Waals surface area contributed by atoms with E-state index in [2.05, 4.69) is 10.6 Å². The Morgan fingerprint density at radius 1 is 1.57 bits per heavy atom. The van der Waals surface area contributed by atoms with Crippen LogP contribution in [0.5, 0.6) is 0 Å². The van der Waals surface area contributed by atoms with Gasteiger partial charge in [0.2, 0.25) is 0 Å². The van der Waals surface area contributed by atoms with Gasteiger partial charge < -0.3 is 19.8 Å². The summed E-state index contributed by atoms with van der Waals surface area (Å²) >= 11 is 5.03. The van der Waals surface area contributed by atoms with Crippen molar-refractivity contribution in [3.8, 4) is 0 Å². The lowest BCUT2D eigenvalue weighted by Crippen LogP contribution is -2.36. The average molecular weight is 214 g/mol. The Hall–Kier alpha value is -1.07. The third-order valence-corrected chi connectivity index (χ3v) is 1.91. The number of hydrogen-bond acceptors (Lipinski definition) is 3. The first-order valence-corrected chi connectivity index (χ1v) is 4.75. The van der Waals surface area contributed by atoms with Gasteiger partial charge in [0.25, 0.3) is 0 Å². The van der Waals surface area contributed by atoms with Crippen LogP contribution in [0.2, 0.25) is 0 Å². The van der Waals surface area contributed by atoms with Gasteiger partial charge in [-0.25, -0.2) is 0 Å². The monoisotopic (exact) mass is 214 g/mol. The first-order valence-electron chi connectivity index (χ1n) is 4.34. The molecule has 78 valence electrons. The highest BCUT2D eigenvalue weighted by Crippen LogP contribution is 1.97. The normalized spacial score (nSPS) is 9.79. The standard InChI is InChI=1S/C9H14N2O2S/c1-12-5-3-10-9(14)11-6-8-2-4-13-7-8/h2,4,7H,3,5-6H2,1H3,(H2,10,11,14). The third kappa shape index (κ3) is 4.25. The zero-order valence-corrected chi connectivity index (χ0v) is 8.89. The molecule has 0 aromatic carbocycles.